The first-order valence-corrected chi connectivity index (χ1v) is 13.6. The minimum atomic E-state index is -0.839. The highest BCUT2D eigenvalue weighted by Gasteiger charge is 2.36. The Morgan fingerprint density at radius 3 is 2.68 bits per heavy atom. The van der Waals surface area contributed by atoms with Gasteiger partial charge >= 0.3 is 0 Å². The average molecular weight is 492 g/mol. The number of carbonyl (C=O) groups excluding carboxylic acids is 2. The fraction of sp³-hybridized carbons (Fsp3) is 0.630. The van der Waals surface area contributed by atoms with Crippen molar-refractivity contribution >= 4 is 24.1 Å². The van der Waals surface area contributed by atoms with Crippen LogP contribution in [0.15, 0.2) is 47.6 Å². The molecular weight excluding hydrogens is 446 g/mol. The standard InChI is InChI=1S/C19H32N2O2.C8H13NOS/c1-4-16(3)20-14-19-9-7-5-6-8-15(2)17(22)18(23)21(12-10-19)13-11-19;1-3-4-8(11-2)5-6-9-7-10/h4,7,9,15,17,20,22H,5-6,8,10-14H2,1-3H3;3-4,7H,1,5-6H2,2H3,(H,9,10)/b9-7+,16-4+;8-4-/t15-,17?;/m1./s1. The predicted octanol–water partition coefficient (Wildman–Crippen LogP) is 4.40. The van der Waals surface area contributed by atoms with Crippen LogP contribution >= 0.6 is 11.8 Å². The maximum Gasteiger partial charge on any atom is 0.251 e. The number of piperidine rings is 1. The van der Waals surface area contributed by atoms with Crippen molar-refractivity contribution in [1.82, 2.24) is 15.5 Å². The summed E-state index contributed by atoms with van der Waals surface area (Å²) in [7, 11) is 0. The molecule has 192 valence electrons. The summed E-state index contributed by atoms with van der Waals surface area (Å²) in [5, 5.41) is 16.4. The fourth-order valence-corrected chi connectivity index (χ4v) is 4.65. The quantitative estimate of drug-likeness (QED) is 0.193. The van der Waals surface area contributed by atoms with Gasteiger partial charge in [-0.05, 0) is 69.5 Å². The molecule has 1 saturated heterocycles. The summed E-state index contributed by atoms with van der Waals surface area (Å²) in [6.45, 7) is 12.8. The Morgan fingerprint density at radius 2 is 2.09 bits per heavy atom. The molecule has 3 heterocycles. The highest BCUT2D eigenvalue weighted by molar-refractivity contribution is 8.02. The molecule has 2 bridgehead atoms. The number of nitrogens with one attached hydrogen (secondary N) is 2. The van der Waals surface area contributed by atoms with Crippen LogP contribution in [0.5, 0.6) is 0 Å². The molecule has 3 aliphatic heterocycles. The molecule has 0 aromatic carbocycles. The summed E-state index contributed by atoms with van der Waals surface area (Å²) in [6.07, 6.45) is 18.1. The van der Waals surface area contributed by atoms with Gasteiger partial charge in [0.1, 0.15) is 6.10 Å². The van der Waals surface area contributed by atoms with Gasteiger partial charge in [-0.15, -0.1) is 11.8 Å². The van der Waals surface area contributed by atoms with Gasteiger partial charge in [0, 0.05) is 37.3 Å². The second-order valence-electron chi connectivity index (χ2n) is 9.16. The number of allylic oxidation sites excluding steroid dienone is 5. The van der Waals surface area contributed by atoms with Gasteiger partial charge in [0.15, 0.2) is 0 Å². The molecule has 6 nitrogen and oxygen atoms in total. The molecule has 2 atom stereocenters. The van der Waals surface area contributed by atoms with Crippen molar-refractivity contribution in [2.75, 3.05) is 32.4 Å². The van der Waals surface area contributed by atoms with Crippen LogP contribution in [0.1, 0.15) is 59.3 Å². The Balaban J connectivity index is 0.000000445. The molecule has 0 aromatic heterocycles. The summed E-state index contributed by atoms with van der Waals surface area (Å²) < 4.78 is 0. The zero-order valence-corrected chi connectivity index (χ0v) is 22.3. The summed E-state index contributed by atoms with van der Waals surface area (Å²) in [5.41, 5.74) is 1.32. The minimum absolute atomic E-state index is 0.0426. The highest BCUT2D eigenvalue weighted by Crippen LogP contribution is 2.34. The van der Waals surface area contributed by atoms with Crippen molar-refractivity contribution in [3.63, 3.8) is 0 Å². The number of hydrogen-bond donors (Lipinski definition) is 3. The van der Waals surface area contributed by atoms with E-state index < -0.39 is 6.10 Å². The normalized spacial score (nSPS) is 27.0. The van der Waals surface area contributed by atoms with Gasteiger partial charge in [0.2, 0.25) is 6.41 Å². The van der Waals surface area contributed by atoms with Gasteiger partial charge < -0.3 is 20.6 Å². The van der Waals surface area contributed by atoms with Gasteiger partial charge in [0.05, 0.1) is 0 Å². The molecule has 2 amide bonds. The van der Waals surface area contributed by atoms with E-state index in [0.717, 1.165) is 58.2 Å². The Morgan fingerprint density at radius 1 is 1.38 bits per heavy atom. The number of fused-ring (bicyclic) bond motifs is 8. The Labute approximate surface area is 211 Å². The largest absolute Gasteiger partial charge is 0.388 e. The molecule has 0 aliphatic carbocycles. The molecule has 0 aromatic rings. The van der Waals surface area contributed by atoms with Crippen molar-refractivity contribution < 1.29 is 14.7 Å². The first-order chi connectivity index (χ1) is 16.3. The monoisotopic (exact) mass is 491 g/mol. The van der Waals surface area contributed by atoms with E-state index in [2.05, 4.69) is 42.4 Å². The Bertz CT molecular complexity index is 725. The van der Waals surface area contributed by atoms with Crippen molar-refractivity contribution in [2.45, 2.75) is 65.4 Å². The highest BCUT2D eigenvalue weighted by atomic mass is 32.2. The molecular formula is C27H45N3O3S. The molecule has 1 unspecified atom stereocenters. The smallest absolute Gasteiger partial charge is 0.251 e. The van der Waals surface area contributed by atoms with Crippen molar-refractivity contribution in [3.05, 3.63) is 47.6 Å². The third kappa shape index (κ3) is 10.5. The van der Waals surface area contributed by atoms with Gasteiger partial charge in [0.25, 0.3) is 5.91 Å². The van der Waals surface area contributed by atoms with E-state index in [0.29, 0.717) is 13.0 Å². The molecule has 0 saturated carbocycles. The number of rotatable bonds is 9. The fourth-order valence-electron chi connectivity index (χ4n) is 4.11. The summed E-state index contributed by atoms with van der Waals surface area (Å²) in [5.74, 6) is -0.0331. The van der Waals surface area contributed by atoms with Gasteiger partial charge in [-0.3, -0.25) is 9.59 Å². The number of aliphatic hydroxyl groups excluding tert-OH is 1. The van der Waals surface area contributed by atoms with Gasteiger partial charge in [-0.2, -0.15) is 0 Å². The van der Waals surface area contributed by atoms with Crippen LogP contribution in [0.25, 0.3) is 0 Å². The topological polar surface area (TPSA) is 81.7 Å². The van der Waals surface area contributed by atoms with Crippen LogP contribution in [0.4, 0.5) is 0 Å². The second kappa shape index (κ2) is 16.6. The third-order valence-corrected chi connectivity index (χ3v) is 7.55. The lowest BCUT2D eigenvalue weighted by molar-refractivity contribution is -0.144. The van der Waals surface area contributed by atoms with Gasteiger partial charge in [-0.1, -0.05) is 43.9 Å². The van der Waals surface area contributed by atoms with E-state index in [-0.39, 0.29) is 17.2 Å². The number of nitrogens with zero attached hydrogens (tertiary/aromatic N) is 1. The van der Waals surface area contributed by atoms with Crippen LogP contribution in [0.3, 0.4) is 0 Å². The van der Waals surface area contributed by atoms with Crippen molar-refractivity contribution in [2.24, 2.45) is 11.3 Å². The van der Waals surface area contributed by atoms with Crippen LogP contribution in [-0.2, 0) is 9.59 Å². The summed E-state index contributed by atoms with van der Waals surface area (Å²) in [6, 6.07) is 0. The maximum atomic E-state index is 12.5. The molecule has 7 heteroatoms. The first kappa shape index (κ1) is 30.0. The lowest BCUT2D eigenvalue weighted by atomic mass is 9.77. The zero-order valence-electron chi connectivity index (χ0n) is 21.5. The van der Waals surface area contributed by atoms with E-state index in [4.69, 9.17) is 0 Å². The SMILES string of the molecule is C/C=C(\C)NCC12/C=C/CCC[C@@H](C)C(O)C(=O)N(CC1)CC2.C=C/C=C(/CCNC=O)SC. The Hall–Kier alpha value is -1.99. The Kier molecular flexibility index (Phi) is 14.7. The zero-order chi connectivity index (χ0) is 25.4. The number of hydrogen-bond acceptors (Lipinski definition) is 5. The lowest BCUT2D eigenvalue weighted by Crippen LogP contribution is -2.50. The summed E-state index contributed by atoms with van der Waals surface area (Å²) in [4.78, 5) is 25.4. The molecule has 1 fully saturated rings. The van der Waals surface area contributed by atoms with E-state index in [1.165, 1.54) is 10.6 Å². The first-order valence-electron chi connectivity index (χ1n) is 12.4. The van der Waals surface area contributed by atoms with E-state index in [1.54, 1.807) is 17.8 Å². The van der Waals surface area contributed by atoms with Crippen LogP contribution < -0.4 is 10.6 Å². The molecule has 0 radical (unpaired) electrons. The molecule has 34 heavy (non-hydrogen) atoms. The third-order valence-electron chi connectivity index (χ3n) is 6.68. The van der Waals surface area contributed by atoms with Crippen LogP contribution in [0, 0.1) is 11.3 Å². The summed E-state index contributed by atoms with van der Waals surface area (Å²) >= 11 is 1.68. The van der Waals surface area contributed by atoms with E-state index >= 15 is 0 Å². The maximum absolute atomic E-state index is 12.5. The second-order valence-corrected chi connectivity index (χ2v) is 10.1. The molecule has 3 N–H and O–H groups in total. The van der Waals surface area contributed by atoms with Crippen molar-refractivity contribution in [1.29, 1.82) is 0 Å². The molecule has 3 rings (SSSR count). The number of thioether (sulfide) groups is 1. The van der Waals surface area contributed by atoms with Crippen molar-refractivity contribution in [3.8, 4) is 0 Å². The lowest BCUT2D eigenvalue weighted by Gasteiger charge is -2.41. The van der Waals surface area contributed by atoms with E-state index in [9.17, 15) is 14.7 Å². The predicted molar refractivity (Wildman–Crippen MR) is 144 cm³/mol. The average Bonchev–Trinajstić information content (AvgIpc) is 2.86. The molecule has 3 aliphatic rings. The number of amides is 2. The van der Waals surface area contributed by atoms with Crippen LogP contribution in [0.2, 0.25) is 0 Å². The van der Waals surface area contributed by atoms with E-state index in [1.807, 2.05) is 31.1 Å². The molecule has 0 spiro atoms. The minimum Gasteiger partial charge on any atom is -0.388 e. The number of carbonyl (C=O) groups is 2. The van der Waals surface area contributed by atoms with Crippen LogP contribution in [-0.4, -0.2) is 60.9 Å². The van der Waals surface area contributed by atoms with Gasteiger partial charge in [-0.25, -0.2) is 0 Å². The number of aliphatic hydroxyl groups is 1.